The number of nitrogens with zero attached hydrogens (tertiary/aromatic N) is 2. The molecule has 2 unspecified atom stereocenters. The molecular formula is C13H20N2O. The Labute approximate surface area is 97.1 Å². The Bertz CT molecular complexity index is 315. The van der Waals surface area contributed by atoms with Crippen LogP contribution in [0.15, 0.2) is 24.5 Å². The molecular weight excluding hydrogens is 200 g/mol. The van der Waals surface area contributed by atoms with Gasteiger partial charge in [-0.3, -0.25) is 9.88 Å². The summed E-state index contributed by atoms with van der Waals surface area (Å²) >= 11 is 0. The number of aliphatic hydroxyl groups is 1. The molecule has 16 heavy (non-hydrogen) atoms. The molecule has 1 aromatic heterocycles. The zero-order chi connectivity index (χ0) is 11.4. The SMILES string of the molecule is CCC1CN(Cc2cccnc2)CCC1O. The summed E-state index contributed by atoms with van der Waals surface area (Å²) in [5.74, 6) is 0.436. The van der Waals surface area contributed by atoms with Crippen LogP contribution in [0.3, 0.4) is 0 Å². The van der Waals surface area contributed by atoms with E-state index in [4.69, 9.17) is 0 Å². The van der Waals surface area contributed by atoms with Crippen LogP contribution in [0.4, 0.5) is 0 Å². The minimum Gasteiger partial charge on any atom is -0.393 e. The maximum atomic E-state index is 9.81. The highest BCUT2D eigenvalue weighted by Gasteiger charge is 2.25. The van der Waals surface area contributed by atoms with Crippen molar-refractivity contribution in [3.8, 4) is 0 Å². The lowest BCUT2D eigenvalue weighted by atomic mass is 9.92. The summed E-state index contributed by atoms with van der Waals surface area (Å²) in [6.45, 7) is 5.11. The second kappa shape index (κ2) is 5.41. The van der Waals surface area contributed by atoms with Gasteiger partial charge in [0.05, 0.1) is 6.10 Å². The normalized spacial score (nSPS) is 26.9. The highest BCUT2D eigenvalue weighted by atomic mass is 16.3. The van der Waals surface area contributed by atoms with E-state index in [0.29, 0.717) is 5.92 Å². The molecule has 1 saturated heterocycles. The molecule has 3 nitrogen and oxygen atoms in total. The van der Waals surface area contributed by atoms with Crippen molar-refractivity contribution >= 4 is 0 Å². The Morgan fingerprint density at radius 2 is 2.44 bits per heavy atom. The monoisotopic (exact) mass is 220 g/mol. The van der Waals surface area contributed by atoms with Crippen molar-refractivity contribution in [2.75, 3.05) is 13.1 Å². The summed E-state index contributed by atoms with van der Waals surface area (Å²) in [6.07, 6.45) is 5.59. The summed E-state index contributed by atoms with van der Waals surface area (Å²) in [5, 5.41) is 9.81. The Morgan fingerprint density at radius 1 is 1.56 bits per heavy atom. The maximum Gasteiger partial charge on any atom is 0.0592 e. The highest BCUT2D eigenvalue weighted by molar-refractivity contribution is 5.08. The van der Waals surface area contributed by atoms with Gasteiger partial charge in [-0.2, -0.15) is 0 Å². The summed E-state index contributed by atoms with van der Waals surface area (Å²) in [6, 6.07) is 4.09. The molecule has 1 N–H and O–H groups in total. The molecule has 0 bridgehead atoms. The van der Waals surface area contributed by atoms with E-state index in [1.54, 1.807) is 6.20 Å². The van der Waals surface area contributed by atoms with E-state index in [1.165, 1.54) is 5.56 Å². The lowest BCUT2D eigenvalue weighted by molar-refractivity contribution is 0.0221. The van der Waals surface area contributed by atoms with E-state index in [1.807, 2.05) is 12.3 Å². The van der Waals surface area contributed by atoms with Gasteiger partial charge < -0.3 is 5.11 Å². The molecule has 0 aliphatic carbocycles. The first-order chi connectivity index (χ1) is 7.79. The fraction of sp³-hybridized carbons (Fsp3) is 0.615. The standard InChI is InChI=1S/C13H20N2O/c1-2-12-10-15(7-5-13(12)16)9-11-4-3-6-14-8-11/h3-4,6,8,12-13,16H,2,5,7,9-10H2,1H3. The van der Waals surface area contributed by atoms with Gasteiger partial charge in [-0.25, -0.2) is 0 Å². The lowest BCUT2D eigenvalue weighted by Gasteiger charge is -2.35. The Hall–Kier alpha value is -0.930. The number of hydrogen-bond acceptors (Lipinski definition) is 3. The molecule has 2 rings (SSSR count). The number of aliphatic hydroxyl groups excluding tert-OH is 1. The summed E-state index contributed by atoms with van der Waals surface area (Å²) in [5.41, 5.74) is 1.26. The van der Waals surface area contributed by atoms with Crippen LogP contribution >= 0.6 is 0 Å². The molecule has 3 heteroatoms. The van der Waals surface area contributed by atoms with Crippen LogP contribution in [0.25, 0.3) is 0 Å². The molecule has 2 heterocycles. The first kappa shape index (κ1) is 11.6. The first-order valence-corrected chi connectivity index (χ1v) is 6.09. The largest absolute Gasteiger partial charge is 0.393 e. The number of hydrogen-bond donors (Lipinski definition) is 1. The second-order valence-electron chi connectivity index (χ2n) is 4.62. The average Bonchev–Trinajstić information content (AvgIpc) is 2.33. The molecule has 2 atom stereocenters. The first-order valence-electron chi connectivity index (χ1n) is 6.09. The van der Waals surface area contributed by atoms with E-state index in [9.17, 15) is 5.11 Å². The zero-order valence-electron chi connectivity index (χ0n) is 9.84. The van der Waals surface area contributed by atoms with E-state index in [-0.39, 0.29) is 6.10 Å². The fourth-order valence-corrected chi connectivity index (χ4v) is 2.39. The van der Waals surface area contributed by atoms with Crippen LogP contribution < -0.4 is 0 Å². The van der Waals surface area contributed by atoms with Crippen LogP contribution in [0.1, 0.15) is 25.3 Å². The third-order valence-corrected chi connectivity index (χ3v) is 3.43. The molecule has 1 fully saturated rings. The molecule has 0 saturated carbocycles. The van der Waals surface area contributed by atoms with Gasteiger partial charge in [0.1, 0.15) is 0 Å². The van der Waals surface area contributed by atoms with Gasteiger partial charge in [0.2, 0.25) is 0 Å². The molecule has 0 radical (unpaired) electrons. The lowest BCUT2D eigenvalue weighted by Crippen LogP contribution is -2.42. The topological polar surface area (TPSA) is 36.4 Å². The predicted octanol–water partition coefficient (Wildman–Crippen LogP) is 1.67. The van der Waals surface area contributed by atoms with Crippen LogP contribution in [-0.2, 0) is 6.54 Å². The molecule has 88 valence electrons. The third-order valence-electron chi connectivity index (χ3n) is 3.43. The molecule has 0 amide bonds. The van der Waals surface area contributed by atoms with Crippen LogP contribution in [-0.4, -0.2) is 34.2 Å². The Balaban J connectivity index is 1.92. The minimum atomic E-state index is -0.102. The highest BCUT2D eigenvalue weighted by Crippen LogP contribution is 2.21. The number of aromatic nitrogens is 1. The third kappa shape index (κ3) is 2.80. The number of pyridine rings is 1. The van der Waals surface area contributed by atoms with Crippen LogP contribution in [0.5, 0.6) is 0 Å². The van der Waals surface area contributed by atoms with Gasteiger partial charge in [-0.1, -0.05) is 13.0 Å². The molecule has 0 aromatic carbocycles. The molecule has 0 spiro atoms. The van der Waals surface area contributed by atoms with Gasteiger partial charge in [-0.05, 0) is 30.4 Å². The van der Waals surface area contributed by atoms with Crippen molar-refractivity contribution < 1.29 is 5.11 Å². The molecule has 1 aliphatic rings. The number of rotatable bonds is 3. The molecule has 1 aromatic rings. The minimum absolute atomic E-state index is 0.102. The quantitative estimate of drug-likeness (QED) is 0.842. The van der Waals surface area contributed by atoms with Crippen molar-refractivity contribution in [3.63, 3.8) is 0 Å². The van der Waals surface area contributed by atoms with Gasteiger partial charge in [0.25, 0.3) is 0 Å². The number of piperidine rings is 1. The van der Waals surface area contributed by atoms with E-state index in [0.717, 1.165) is 32.5 Å². The van der Waals surface area contributed by atoms with Gasteiger partial charge >= 0.3 is 0 Å². The van der Waals surface area contributed by atoms with Crippen molar-refractivity contribution in [2.24, 2.45) is 5.92 Å². The van der Waals surface area contributed by atoms with E-state index in [2.05, 4.69) is 22.9 Å². The summed E-state index contributed by atoms with van der Waals surface area (Å²) in [7, 11) is 0. The number of likely N-dealkylation sites (tertiary alicyclic amines) is 1. The van der Waals surface area contributed by atoms with Gasteiger partial charge in [0.15, 0.2) is 0 Å². The van der Waals surface area contributed by atoms with E-state index >= 15 is 0 Å². The maximum absolute atomic E-state index is 9.81. The smallest absolute Gasteiger partial charge is 0.0592 e. The fourth-order valence-electron chi connectivity index (χ4n) is 2.39. The zero-order valence-corrected chi connectivity index (χ0v) is 9.84. The predicted molar refractivity (Wildman–Crippen MR) is 63.9 cm³/mol. The molecule has 1 aliphatic heterocycles. The second-order valence-corrected chi connectivity index (χ2v) is 4.62. The summed E-state index contributed by atoms with van der Waals surface area (Å²) < 4.78 is 0. The van der Waals surface area contributed by atoms with Crippen molar-refractivity contribution in [3.05, 3.63) is 30.1 Å². The van der Waals surface area contributed by atoms with Crippen LogP contribution in [0.2, 0.25) is 0 Å². The van der Waals surface area contributed by atoms with Crippen LogP contribution in [0, 0.1) is 5.92 Å². The van der Waals surface area contributed by atoms with Gasteiger partial charge in [-0.15, -0.1) is 0 Å². The van der Waals surface area contributed by atoms with Crippen molar-refractivity contribution in [1.82, 2.24) is 9.88 Å². The van der Waals surface area contributed by atoms with Crippen molar-refractivity contribution in [2.45, 2.75) is 32.4 Å². The van der Waals surface area contributed by atoms with E-state index < -0.39 is 0 Å². The van der Waals surface area contributed by atoms with Gasteiger partial charge in [0, 0.05) is 32.0 Å². The Kier molecular flexibility index (Phi) is 3.91. The summed E-state index contributed by atoms with van der Waals surface area (Å²) in [4.78, 5) is 6.54. The average molecular weight is 220 g/mol. The van der Waals surface area contributed by atoms with Crippen molar-refractivity contribution in [1.29, 1.82) is 0 Å². The Morgan fingerprint density at radius 3 is 3.12 bits per heavy atom.